The van der Waals surface area contributed by atoms with Crippen molar-refractivity contribution in [1.29, 1.82) is 0 Å². The number of nitrogens with one attached hydrogen (secondary N) is 1. The van der Waals surface area contributed by atoms with Gasteiger partial charge in [-0.15, -0.1) is 11.3 Å². The Balaban J connectivity index is 1.67. The lowest BCUT2D eigenvalue weighted by Gasteiger charge is -2.13. The molecular formula is C21H14Cl2FN3O3S. The molecule has 2 heterocycles. The molecule has 0 saturated carbocycles. The number of hydrogen-bond donors (Lipinski definition) is 1. The monoisotopic (exact) mass is 477 g/mol. The van der Waals surface area contributed by atoms with Gasteiger partial charge >= 0.3 is 5.69 Å². The first-order chi connectivity index (χ1) is 14.8. The molecule has 0 radical (unpaired) electrons. The first-order valence-electron chi connectivity index (χ1n) is 9.05. The van der Waals surface area contributed by atoms with Gasteiger partial charge in [0.05, 0.1) is 16.2 Å². The van der Waals surface area contributed by atoms with Gasteiger partial charge in [0.25, 0.3) is 5.56 Å². The van der Waals surface area contributed by atoms with Gasteiger partial charge in [-0.3, -0.25) is 14.2 Å². The predicted molar refractivity (Wildman–Crippen MR) is 120 cm³/mol. The minimum atomic E-state index is -0.641. The zero-order valence-corrected chi connectivity index (χ0v) is 18.1. The molecule has 158 valence electrons. The maximum absolute atomic E-state index is 13.3. The Morgan fingerprint density at radius 3 is 2.52 bits per heavy atom. The molecule has 4 aromatic rings. The largest absolute Gasteiger partial charge is 0.350 e. The molecule has 1 amide bonds. The van der Waals surface area contributed by atoms with Crippen molar-refractivity contribution in [2.45, 2.75) is 13.1 Å². The van der Waals surface area contributed by atoms with E-state index in [4.69, 9.17) is 23.2 Å². The molecule has 0 aliphatic carbocycles. The summed E-state index contributed by atoms with van der Waals surface area (Å²) in [6.45, 7) is -0.188. The topological polar surface area (TPSA) is 73.1 Å². The van der Waals surface area contributed by atoms with Gasteiger partial charge in [0.2, 0.25) is 5.91 Å². The number of thiophene rings is 1. The van der Waals surface area contributed by atoms with Gasteiger partial charge in [-0.2, -0.15) is 0 Å². The Bertz CT molecular complexity index is 1410. The third kappa shape index (κ3) is 4.27. The average Bonchev–Trinajstić information content (AvgIpc) is 3.23. The summed E-state index contributed by atoms with van der Waals surface area (Å²) in [5.74, 6) is -0.996. The van der Waals surface area contributed by atoms with Crippen molar-refractivity contribution in [3.8, 4) is 5.69 Å². The van der Waals surface area contributed by atoms with E-state index in [1.165, 1.54) is 34.1 Å². The van der Waals surface area contributed by atoms with Crippen LogP contribution in [0.3, 0.4) is 0 Å². The van der Waals surface area contributed by atoms with Crippen molar-refractivity contribution >= 4 is 50.7 Å². The molecule has 4 rings (SSSR count). The molecule has 2 aromatic carbocycles. The van der Waals surface area contributed by atoms with E-state index in [-0.39, 0.29) is 18.1 Å². The molecule has 31 heavy (non-hydrogen) atoms. The van der Waals surface area contributed by atoms with Gasteiger partial charge in [-0.05, 0) is 53.4 Å². The number of carbonyl (C=O) groups is 1. The first-order valence-corrected chi connectivity index (χ1v) is 10.7. The molecule has 0 unspecified atom stereocenters. The summed E-state index contributed by atoms with van der Waals surface area (Å²) in [6.07, 6.45) is 0. The van der Waals surface area contributed by atoms with E-state index >= 15 is 0 Å². The third-order valence-electron chi connectivity index (χ3n) is 4.62. The smallest absolute Gasteiger partial charge is 0.336 e. The second-order valence-electron chi connectivity index (χ2n) is 6.65. The van der Waals surface area contributed by atoms with Crippen LogP contribution in [0.15, 0.2) is 63.5 Å². The van der Waals surface area contributed by atoms with E-state index in [1.54, 1.807) is 35.7 Å². The van der Waals surface area contributed by atoms with Crippen LogP contribution < -0.4 is 16.6 Å². The molecule has 0 aliphatic rings. The fraction of sp³-hybridized carbons (Fsp3) is 0.0952. The number of halogens is 3. The van der Waals surface area contributed by atoms with Crippen LogP contribution in [-0.2, 0) is 17.9 Å². The molecule has 2 aromatic heterocycles. The Morgan fingerprint density at radius 2 is 1.81 bits per heavy atom. The van der Waals surface area contributed by atoms with Crippen molar-refractivity contribution in [1.82, 2.24) is 14.5 Å². The highest BCUT2D eigenvalue weighted by molar-refractivity contribution is 7.17. The number of fused-ring (bicyclic) bond motifs is 1. The summed E-state index contributed by atoms with van der Waals surface area (Å²) in [5, 5.41) is 4.79. The second kappa shape index (κ2) is 8.66. The molecule has 0 bridgehead atoms. The highest BCUT2D eigenvalue weighted by Gasteiger charge is 2.17. The van der Waals surface area contributed by atoms with Crippen LogP contribution in [0.2, 0.25) is 10.0 Å². The van der Waals surface area contributed by atoms with Crippen molar-refractivity contribution in [3.63, 3.8) is 0 Å². The van der Waals surface area contributed by atoms with Crippen molar-refractivity contribution < 1.29 is 9.18 Å². The third-order valence-corrected chi connectivity index (χ3v) is 6.05. The SMILES string of the molecule is O=C(Cn1c(=O)n(-c2ccc(Cl)cc2)c(=O)c2sccc21)NCc1ccc(F)c(Cl)c1. The Labute approximate surface area is 189 Å². The van der Waals surface area contributed by atoms with Crippen molar-refractivity contribution in [2.75, 3.05) is 0 Å². The van der Waals surface area contributed by atoms with Crippen molar-refractivity contribution in [2.24, 2.45) is 0 Å². The standard InChI is InChI=1S/C21H14Cl2FN3O3S/c22-13-2-4-14(5-3-13)27-20(29)19-17(7-8-31-19)26(21(27)30)11-18(28)25-10-12-1-6-16(24)15(23)9-12/h1-9H,10-11H2,(H,25,28). The van der Waals surface area contributed by atoms with Crippen LogP contribution in [-0.4, -0.2) is 15.0 Å². The van der Waals surface area contributed by atoms with Gasteiger partial charge in [-0.25, -0.2) is 13.8 Å². The Kier molecular flexibility index (Phi) is 5.95. The molecule has 0 aliphatic heterocycles. The highest BCUT2D eigenvalue weighted by Crippen LogP contribution is 2.18. The van der Waals surface area contributed by atoms with Gasteiger partial charge in [0.15, 0.2) is 0 Å². The first kappa shape index (κ1) is 21.3. The maximum atomic E-state index is 13.3. The van der Waals surface area contributed by atoms with Gasteiger partial charge in [0, 0.05) is 11.6 Å². The van der Waals surface area contributed by atoms with Crippen LogP contribution in [0, 0.1) is 5.82 Å². The quantitative estimate of drug-likeness (QED) is 0.472. The van der Waals surface area contributed by atoms with E-state index < -0.39 is 23.0 Å². The van der Waals surface area contributed by atoms with E-state index in [0.29, 0.717) is 26.5 Å². The summed E-state index contributed by atoms with van der Waals surface area (Å²) >= 11 is 12.9. The number of hydrogen-bond acceptors (Lipinski definition) is 4. The molecule has 0 spiro atoms. The fourth-order valence-electron chi connectivity index (χ4n) is 3.11. The van der Waals surface area contributed by atoms with Crippen LogP contribution in [0.1, 0.15) is 5.56 Å². The zero-order chi connectivity index (χ0) is 22.1. The normalized spacial score (nSPS) is 11.1. The number of aromatic nitrogens is 2. The van der Waals surface area contributed by atoms with Crippen LogP contribution >= 0.6 is 34.5 Å². The molecular weight excluding hydrogens is 464 g/mol. The average molecular weight is 478 g/mol. The lowest BCUT2D eigenvalue weighted by Crippen LogP contribution is -2.41. The van der Waals surface area contributed by atoms with E-state index in [9.17, 15) is 18.8 Å². The summed E-state index contributed by atoms with van der Waals surface area (Å²) in [4.78, 5) is 38.6. The van der Waals surface area contributed by atoms with Gasteiger partial charge in [0.1, 0.15) is 17.1 Å². The van der Waals surface area contributed by atoms with Gasteiger partial charge in [-0.1, -0.05) is 29.3 Å². The molecule has 10 heteroatoms. The molecule has 0 fully saturated rings. The summed E-state index contributed by atoms with van der Waals surface area (Å²) in [7, 11) is 0. The zero-order valence-electron chi connectivity index (χ0n) is 15.8. The molecule has 0 saturated heterocycles. The molecule has 0 atom stereocenters. The lowest BCUT2D eigenvalue weighted by molar-refractivity contribution is -0.121. The Morgan fingerprint density at radius 1 is 1.06 bits per heavy atom. The van der Waals surface area contributed by atoms with Crippen LogP contribution in [0.4, 0.5) is 4.39 Å². The fourth-order valence-corrected chi connectivity index (χ4v) is 4.26. The molecule has 6 nitrogen and oxygen atoms in total. The van der Waals surface area contributed by atoms with Crippen molar-refractivity contribution in [3.05, 3.63) is 96.2 Å². The minimum Gasteiger partial charge on any atom is -0.350 e. The Hall–Kier alpha value is -2.94. The summed E-state index contributed by atoms with van der Waals surface area (Å²) in [6, 6.07) is 12.0. The molecule has 1 N–H and O–H groups in total. The van der Waals surface area contributed by atoms with Gasteiger partial charge < -0.3 is 5.32 Å². The van der Waals surface area contributed by atoms with Crippen LogP contribution in [0.25, 0.3) is 15.9 Å². The number of rotatable bonds is 5. The predicted octanol–water partition coefficient (Wildman–Crippen LogP) is 3.98. The van der Waals surface area contributed by atoms with E-state index in [0.717, 1.165) is 4.57 Å². The summed E-state index contributed by atoms with van der Waals surface area (Å²) in [5.41, 5.74) is 0.238. The summed E-state index contributed by atoms with van der Waals surface area (Å²) < 4.78 is 15.9. The lowest BCUT2D eigenvalue weighted by atomic mass is 10.2. The van der Waals surface area contributed by atoms with Crippen LogP contribution in [0.5, 0.6) is 0 Å². The second-order valence-corrected chi connectivity index (χ2v) is 8.41. The maximum Gasteiger partial charge on any atom is 0.336 e. The number of carbonyl (C=O) groups excluding carboxylic acids is 1. The highest BCUT2D eigenvalue weighted by atomic mass is 35.5. The number of nitrogens with zero attached hydrogens (tertiary/aromatic N) is 2. The minimum absolute atomic E-state index is 0.0435. The van der Waals surface area contributed by atoms with E-state index in [2.05, 4.69) is 5.32 Å². The number of amides is 1. The number of benzene rings is 2. The van der Waals surface area contributed by atoms with E-state index in [1.807, 2.05) is 0 Å².